The molecule has 0 atom stereocenters. The highest BCUT2D eigenvalue weighted by Gasteiger charge is 2.28. The third kappa shape index (κ3) is 5.68. The molecular formula is C24H30N4O3. The van der Waals surface area contributed by atoms with Crippen LogP contribution >= 0.6 is 0 Å². The second kappa shape index (κ2) is 10.5. The number of rotatable bonds is 6. The molecule has 2 fully saturated rings. The summed E-state index contributed by atoms with van der Waals surface area (Å²) < 4.78 is 5.35. The monoisotopic (exact) mass is 422 g/mol. The Hall–Kier alpha value is -2.77. The molecule has 0 radical (unpaired) electrons. The number of hydrogen-bond donors (Lipinski definition) is 1. The van der Waals surface area contributed by atoms with Crippen LogP contribution in [0.5, 0.6) is 0 Å². The number of amides is 2. The van der Waals surface area contributed by atoms with E-state index in [1.807, 2.05) is 41.3 Å². The molecule has 2 aliphatic rings. The normalized spacial score (nSPS) is 18.0. The van der Waals surface area contributed by atoms with Gasteiger partial charge in [0.25, 0.3) is 5.91 Å². The minimum Gasteiger partial charge on any atom is -0.379 e. The van der Waals surface area contributed by atoms with E-state index in [0.29, 0.717) is 38.0 Å². The third-order valence-corrected chi connectivity index (χ3v) is 6.06. The highest BCUT2D eigenvalue weighted by molar-refractivity contribution is 5.95. The van der Waals surface area contributed by atoms with E-state index in [0.717, 1.165) is 44.1 Å². The number of hydrogen-bond acceptors (Lipinski definition) is 5. The summed E-state index contributed by atoms with van der Waals surface area (Å²) in [6.07, 6.45) is 3.09. The fourth-order valence-corrected chi connectivity index (χ4v) is 4.16. The molecular weight excluding hydrogens is 392 g/mol. The van der Waals surface area contributed by atoms with Crippen LogP contribution in [0.25, 0.3) is 11.3 Å². The molecule has 1 N–H and O–H groups in total. The van der Waals surface area contributed by atoms with Crippen molar-refractivity contribution >= 4 is 11.8 Å². The Morgan fingerprint density at radius 2 is 1.77 bits per heavy atom. The van der Waals surface area contributed by atoms with Crippen molar-refractivity contribution in [2.24, 2.45) is 5.92 Å². The van der Waals surface area contributed by atoms with Crippen LogP contribution in [0.3, 0.4) is 0 Å². The number of piperidine rings is 1. The van der Waals surface area contributed by atoms with Crippen molar-refractivity contribution in [3.63, 3.8) is 0 Å². The molecule has 2 aliphatic heterocycles. The van der Waals surface area contributed by atoms with Gasteiger partial charge >= 0.3 is 0 Å². The standard InChI is InChI=1S/C24H30N4O3/c29-23(26-10-13-27-14-16-31-17-15-27)20-7-11-28(12-8-20)24(30)21-6-9-25-22(18-21)19-4-2-1-3-5-19/h1-6,9,18,20H,7-8,10-17H2,(H,26,29). The molecule has 2 aromatic rings. The Morgan fingerprint density at radius 1 is 1.03 bits per heavy atom. The van der Waals surface area contributed by atoms with Gasteiger partial charge in [0, 0.05) is 62.5 Å². The number of carbonyl (C=O) groups excluding carboxylic acids is 2. The maximum absolute atomic E-state index is 13.0. The Kier molecular flexibility index (Phi) is 7.27. The molecule has 1 aromatic carbocycles. The zero-order valence-corrected chi connectivity index (χ0v) is 17.8. The van der Waals surface area contributed by atoms with Crippen LogP contribution in [-0.4, -0.2) is 79.1 Å². The predicted molar refractivity (Wildman–Crippen MR) is 119 cm³/mol. The lowest BCUT2D eigenvalue weighted by atomic mass is 9.95. The summed E-state index contributed by atoms with van der Waals surface area (Å²) >= 11 is 0. The summed E-state index contributed by atoms with van der Waals surface area (Å²) in [7, 11) is 0. The lowest BCUT2D eigenvalue weighted by molar-refractivity contribution is -0.126. The van der Waals surface area contributed by atoms with Gasteiger partial charge in [0.2, 0.25) is 5.91 Å². The number of nitrogens with one attached hydrogen (secondary N) is 1. The van der Waals surface area contributed by atoms with Crippen molar-refractivity contribution < 1.29 is 14.3 Å². The molecule has 1 aromatic heterocycles. The quantitative estimate of drug-likeness (QED) is 0.771. The first-order chi connectivity index (χ1) is 15.2. The average Bonchev–Trinajstić information content (AvgIpc) is 2.85. The second-order valence-corrected chi connectivity index (χ2v) is 8.11. The predicted octanol–water partition coefficient (Wildman–Crippen LogP) is 2.05. The number of carbonyl (C=O) groups is 2. The van der Waals surface area contributed by atoms with Crippen molar-refractivity contribution in [1.29, 1.82) is 0 Å². The maximum atomic E-state index is 13.0. The number of benzene rings is 1. The van der Waals surface area contributed by atoms with Crippen molar-refractivity contribution in [3.8, 4) is 11.3 Å². The highest BCUT2D eigenvalue weighted by Crippen LogP contribution is 2.22. The number of nitrogens with zero attached hydrogens (tertiary/aromatic N) is 3. The molecule has 2 saturated heterocycles. The molecule has 3 heterocycles. The first-order valence-corrected chi connectivity index (χ1v) is 11.1. The summed E-state index contributed by atoms with van der Waals surface area (Å²) in [5.74, 6) is 0.0902. The van der Waals surface area contributed by atoms with Crippen molar-refractivity contribution in [3.05, 3.63) is 54.2 Å². The summed E-state index contributed by atoms with van der Waals surface area (Å²) in [6.45, 7) is 6.12. The van der Waals surface area contributed by atoms with E-state index < -0.39 is 0 Å². The molecule has 7 nitrogen and oxygen atoms in total. The van der Waals surface area contributed by atoms with Crippen LogP contribution in [0.15, 0.2) is 48.7 Å². The van der Waals surface area contributed by atoms with Crippen molar-refractivity contribution in [2.75, 3.05) is 52.5 Å². The third-order valence-electron chi connectivity index (χ3n) is 6.06. The van der Waals surface area contributed by atoms with Crippen LogP contribution in [-0.2, 0) is 9.53 Å². The lowest BCUT2D eigenvalue weighted by Crippen LogP contribution is -2.45. The summed E-state index contributed by atoms with van der Waals surface area (Å²) in [5.41, 5.74) is 2.42. The van der Waals surface area contributed by atoms with Gasteiger partial charge in [-0.1, -0.05) is 30.3 Å². The number of aromatic nitrogens is 1. The Balaban J connectivity index is 1.25. The van der Waals surface area contributed by atoms with E-state index in [4.69, 9.17) is 4.74 Å². The van der Waals surface area contributed by atoms with Crippen LogP contribution in [0.4, 0.5) is 0 Å². The van der Waals surface area contributed by atoms with E-state index in [1.165, 1.54) is 0 Å². The van der Waals surface area contributed by atoms with Gasteiger partial charge in [-0.15, -0.1) is 0 Å². The molecule has 164 valence electrons. The fraction of sp³-hybridized carbons (Fsp3) is 0.458. The molecule has 0 aliphatic carbocycles. The maximum Gasteiger partial charge on any atom is 0.253 e. The second-order valence-electron chi connectivity index (χ2n) is 8.11. The van der Waals surface area contributed by atoms with Gasteiger partial charge in [-0.3, -0.25) is 19.5 Å². The van der Waals surface area contributed by atoms with Crippen LogP contribution in [0.1, 0.15) is 23.2 Å². The summed E-state index contributed by atoms with van der Waals surface area (Å²) in [5, 5.41) is 3.07. The molecule has 0 bridgehead atoms. The zero-order valence-electron chi connectivity index (χ0n) is 17.8. The van der Waals surface area contributed by atoms with Crippen LogP contribution in [0.2, 0.25) is 0 Å². The van der Waals surface area contributed by atoms with Crippen LogP contribution in [0, 0.1) is 5.92 Å². The molecule has 2 amide bonds. The molecule has 7 heteroatoms. The number of pyridine rings is 1. The van der Waals surface area contributed by atoms with Crippen molar-refractivity contribution in [1.82, 2.24) is 20.1 Å². The SMILES string of the molecule is O=C(NCCN1CCOCC1)C1CCN(C(=O)c2ccnc(-c3ccccc3)c2)CC1. The van der Waals surface area contributed by atoms with E-state index >= 15 is 0 Å². The van der Waals surface area contributed by atoms with E-state index in [9.17, 15) is 9.59 Å². The van der Waals surface area contributed by atoms with Gasteiger partial charge < -0.3 is 15.0 Å². The largest absolute Gasteiger partial charge is 0.379 e. The number of morpholine rings is 1. The van der Waals surface area contributed by atoms with Crippen molar-refractivity contribution in [2.45, 2.75) is 12.8 Å². The molecule has 31 heavy (non-hydrogen) atoms. The Labute approximate surface area is 183 Å². The zero-order chi connectivity index (χ0) is 21.5. The molecule has 0 saturated carbocycles. The van der Waals surface area contributed by atoms with Gasteiger partial charge in [-0.25, -0.2) is 0 Å². The highest BCUT2D eigenvalue weighted by atomic mass is 16.5. The summed E-state index contributed by atoms with van der Waals surface area (Å²) in [4.78, 5) is 34.1. The van der Waals surface area contributed by atoms with Gasteiger partial charge in [-0.2, -0.15) is 0 Å². The van der Waals surface area contributed by atoms with E-state index in [1.54, 1.807) is 12.3 Å². The lowest BCUT2D eigenvalue weighted by Gasteiger charge is -2.32. The Bertz CT molecular complexity index is 875. The first kappa shape index (κ1) is 21.5. The minimum absolute atomic E-state index is 0.00533. The van der Waals surface area contributed by atoms with Gasteiger partial charge in [0.1, 0.15) is 0 Å². The number of ether oxygens (including phenoxy) is 1. The molecule has 0 spiro atoms. The van der Waals surface area contributed by atoms with Crippen LogP contribution < -0.4 is 5.32 Å². The van der Waals surface area contributed by atoms with Gasteiger partial charge in [0.15, 0.2) is 0 Å². The van der Waals surface area contributed by atoms with Gasteiger partial charge in [0.05, 0.1) is 18.9 Å². The van der Waals surface area contributed by atoms with E-state index in [2.05, 4.69) is 15.2 Å². The topological polar surface area (TPSA) is 74.8 Å². The summed E-state index contributed by atoms with van der Waals surface area (Å²) in [6, 6.07) is 13.5. The smallest absolute Gasteiger partial charge is 0.253 e. The molecule has 4 rings (SSSR count). The minimum atomic E-state index is -0.0222. The van der Waals surface area contributed by atoms with Gasteiger partial charge in [-0.05, 0) is 25.0 Å². The van der Waals surface area contributed by atoms with E-state index in [-0.39, 0.29) is 17.7 Å². The first-order valence-electron chi connectivity index (χ1n) is 11.1. The average molecular weight is 423 g/mol. The Morgan fingerprint density at radius 3 is 2.52 bits per heavy atom. The number of likely N-dealkylation sites (tertiary alicyclic amines) is 1. The fourth-order valence-electron chi connectivity index (χ4n) is 4.16. The molecule has 0 unspecified atom stereocenters.